The number of carbonyl (C=O) groups excluding carboxylic acids is 2. The molecule has 1 aromatic rings. The lowest BCUT2D eigenvalue weighted by atomic mass is 10.0. The maximum atomic E-state index is 12.3. The van der Waals surface area contributed by atoms with Gasteiger partial charge in [0.2, 0.25) is 6.61 Å². The Balaban J connectivity index is 2.17. The Morgan fingerprint density at radius 3 is 2.84 bits per heavy atom. The van der Waals surface area contributed by atoms with Crippen molar-refractivity contribution in [3.63, 3.8) is 0 Å². The predicted octanol–water partition coefficient (Wildman–Crippen LogP) is -1.51. The standard InChI is InChI=1S/C11H12N6O6S2/c1-5-7(10(19)17(5)25(20,21)22)15-9(18)8(16-23-3-2-12)6-4-24-11(13)14-6/h4-5,7H,3H2,1H3,(H2,13,14)(H,15,18)(H,20,21,22)/b16-8-/t5-,7-/m0/s1. The Hall–Kier alpha value is -2.76. The van der Waals surface area contributed by atoms with Crippen LogP contribution in [0.25, 0.3) is 0 Å². The largest absolute Gasteiger partial charge is 0.380 e. The number of anilines is 1. The Morgan fingerprint density at radius 1 is 1.68 bits per heavy atom. The van der Waals surface area contributed by atoms with Crippen molar-refractivity contribution in [3.05, 3.63) is 11.1 Å². The predicted molar refractivity (Wildman–Crippen MR) is 84.4 cm³/mol. The first kappa shape index (κ1) is 18.6. The Bertz CT molecular complexity index is 872. The Kier molecular flexibility index (Phi) is 5.21. The summed E-state index contributed by atoms with van der Waals surface area (Å²) in [5.74, 6) is -1.89. The average molecular weight is 388 g/mol. The molecule has 12 nitrogen and oxygen atoms in total. The van der Waals surface area contributed by atoms with Crippen LogP contribution in [-0.2, 0) is 24.7 Å². The van der Waals surface area contributed by atoms with Crippen LogP contribution in [0.5, 0.6) is 0 Å². The number of nitrogen functional groups attached to an aromatic ring is 1. The molecule has 14 heteroatoms. The lowest BCUT2D eigenvalue weighted by molar-refractivity contribution is -0.143. The van der Waals surface area contributed by atoms with Gasteiger partial charge in [0.1, 0.15) is 17.8 Å². The number of nitrogens with one attached hydrogen (secondary N) is 1. The fourth-order valence-corrected chi connectivity index (χ4v) is 3.47. The molecule has 1 aromatic heterocycles. The van der Waals surface area contributed by atoms with Crippen molar-refractivity contribution in [2.45, 2.75) is 19.0 Å². The number of nitriles is 1. The molecule has 0 aliphatic carbocycles. The van der Waals surface area contributed by atoms with E-state index in [2.05, 4.69) is 20.3 Å². The molecule has 2 rings (SSSR count). The monoisotopic (exact) mass is 388 g/mol. The highest BCUT2D eigenvalue weighted by atomic mass is 32.2. The van der Waals surface area contributed by atoms with E-state index in [4.69, 9.17) is 15.5 Å². The number of thiazole rings is 1. The molecule has 0 saturated carbocycles. The summed E-state index contributed by atoms with van der Waals surface area (Å²) < 4.78 is 31.3. The second-order valence-electron chi connectivity index (χ2n) is 4.75. The van der Waals surface area contributed by atoms with Crippen LogP contribution in [0.3, 0.4) is 0 Å². The van der Waals surface area contributed by atoms with E-state index in [1.807, 2.05) is 0 Å². The lowest BCUT2D eigenvalue weighted by Crippen LogP contribution is -2.71. The van der Waals surface area contributed by atoms with Crippen LogP contribution in [0, 0.1) is 11.3 Å². The second kappa shape index (κ2) is 7.01. The van der Waals surface area contributed by atoms with Gasteiger partial charge in [-0.15, -0.1) is 11.3 Å². The van der Waals surface area contributed by atoms with Gasteiger partial charge in [0.05, 0.1) is 6.04 Å². The zero-order valence-corrected chi connectivity index (χ0v) is 14.2. The van der Waals surface area contributed by atoms with Crippen molar-refractivity contribution in [2.24, 2.45) is 5.16 Å². The number of aromatic nitrogens is 1. The van der Waals surface area contributed by atoms with E-state index < -0.39 is 40.8 Å². The van der Waals surface area contributed by atoms with E-state index in [0.717, 1.165) is 11.3 Å². The van der Waals surface area contributed by atoms with Gasteiger partial charge in [0.25, 0.3) is 11.8 Å². The molecule has 1 fully saturated rings. The molecule has 1 saturated heterocycles. The van der Waals surface area contributed by atoms with Gasteiger partial charge in [0.15, 0.2) is 10.8 Å². The van der Waals surface area contributed by atoms with Crippen molar-refractivity contribution in [2.75, 3.05) is 12.3 Å². The fourth-order valence-electron chi connectivity index (χ4n) is 2.04. The molecule has 0 spiro atoms. The van der Waals surface area contributed by atoms with E-state index >= 15 is 0 Å². The second-order valence-corrected chi connectivity index (χ2v) is 6.92. The SMILES string of the molecule is C[C@H]1[C@H](NC(=O)/C(=N\OCC#N)c2csc(N)n2)C(=O)N1S(=O)(=O)O. The van der Waals surface area contributed by atoms with E-state index in [0.29, 0.717) is 0 Å². The van der Waals surface area contributed by atoms with Gasteiger partial charge in [-0.1, -0.05) is 5.16 Å². The first-order valence-corrected chi connectivity index (χ1v) is 8.84. The molecular formula is C11H12N6O6S2. The summed E-state index contributed by atoms with van der Waals surface area (Å²) in [5.41, 5.74) is 5.21. The van der Waals surface area contributed by atoms with Crippen LogP contribution in [0.4, 0.5) is 5.13 Å². The molecule has 25 heavy (non-hydrogen) atoms. The maximum Gasteiger partial charge on any atom is 0.362 e. The van der Waals surface area contributed by atoms with E-state index in [1.165, 1.54) is 12.3 Å². The van der Waals surface area contributed by atoms with E-state index in [9.17, 15) is 18.0 Å². The summed E-state index contributed by atoms with van der Waals surface area (Å²) in [4.78, 5) is 32.7. The number of oxime groups is 1. The molecule has 1 aliphatic heterocycles. The maximum absolute atomic E-state index is 12.3. The molecule has 0 aromatic carbocycles. The van der Waals surface area contributed by atoms with E-state index in [1.54, 1.807) is 6.07 Å². The van der Waals surface area contributed by atoms with Crippen LogP contribution in [0.2, 0.25) is 0 Å². The summed E-state index contributed by atoms with van der Waals surface area (Å²) in [6.45, 7) is 0.898. The Morgan fingerprint density at radius 2 is 2.36 bits per heavy atom. The first-order valence-electron chi connectivity index (χ1n) is 6.56. The smallest absolute Gasteiger partial charge is 0.362 e. The quantitative estimate of drug-likeness (QED) is 0.171. The Labute approximate surface area is 145 Å². The fraction of sp³-hybridized carbons (Fsp3) is 0.364. The van der Waals surface area contributed by atoms with Crippen molar-refractivity contribution in [3.8, 4) is 6.07 Å². The minimum atomic E-state index is -4.71. The van der Waals surface area contributed by atoms with E-state index in [-0.39, 0.29) is 20.8 Å². The number of hydrogen-bond acceptors (Lipinski definition) is 10. The minimum Gasteiger partial charge on any atom is -0.380 e. The summed E-state index contributed by atoms with van der Waals surface area (Å²) in [5, 5.41) is 15.8. The van der Waals surface area contributed by atoms with Crippen LogP contribution in [0.1, 0.15) is 12.6 Å². The number of amides is 2. The number of β-lactam (4-membered cyclic amide) rings is 1. The van der Waals surface area contributed by atoms with Crippen LogP contribution in [0.15, 0.2) is 10.5 Å². The van der Waals surface area contributed by atoms with Crippen molar-refractivity contribution < 1.29 is 27.4 Å². The third kappa shape index (κ3) is 3.84. The van der Waals surface area contributed by atoms with Gasteiger partial charge in [-0.2, -0.15) is 13.7 Å². The van der Waals surface area contributed by atoms with Crippen LogP contribution < -0.4 is 11.1 Å². The van der Waals surface area contributed by atoms with Gasteiger partial charge < -0.3 is 15.9 Å². The highest BCUT2D eigenvalue weighted by Crippen LogP contribution is 2.23. The summed E-state index contributed by atoms with van der Waals surface area (Å²) in [6, 6.07) is -0.521. The number of rotatable bonds is 6. The van der Waals surface area contributed by atoms with Gasteiger partial charge >= 0.3 is 10.3 Å². The third-order valence-electron chi connectivity index (χ3n) is 3.14. The van der Waals surface area contributed by atoms with Crippen molar-refractivity contribution in [1.82, 2.24) is 14.6 Å². The molecule has 0 unspecified atom stereocenters. The summed E-state index contributed by atoms with van der Waals surface area (Å²) in [7, 11) is -4.71. The van der Waals surface area contributed by atoms with Gasteiger partial charge in [-0.3, -0.25) is 14.1 Å². The molecular weight excluding hydrogens is 376 g/mol. The highest BCUT2D eigenvalue weighted by Gasteiger charge is 2.51. The molecule has 0 bridgehead atoms. The third-order valence-corrected chi connectivity index (χ3v) is 4.82. The minimum absolute atomic E-state index is 0.0593. The number of nitrogens with zero attached hydrogens (tertiary/aromatic N) is 4. The van der Waals surface area contributed by atoms with Crippen molar-refractivity contribution in [1.29, 1.82) is 5.26 Å². The topological polar surface area (TPSA) is 188 Å². The molecule has 2 atom stereocenters. The lowest BCUT2D eigenvalue weighted by Gasteiger charge is -2.42. The number of nitrogens with two attached hydrogens (primary N) is 1. The van der Waals surface area contributed by atoms with Gasteiger partial charge in [-0.05, 0) is 6.92 Å². The molecule has 134 valence electrons. The summed E-state index contributed by atoms with van der Waals surface area (Å²) >= 11 is 1.03. The molecule has 2 amide bonds. The molecule has 0 radical (unpaired) electrons. The molecule has 4 N–H and O–H groups in total. The molecule has 1 aliphatic rings. The van der Waals surface area contributed by atoms with Crippen LogP contribution in [-0.4, -0.2) is 58.5 Å². The zero-order valence-electron chi connectivity index (χ0n) is 12.6. The number of carbonyl (C=O) groups is 2. The zero-order chi connectivity index (χ0) is 18.8. The average Bonchev–Trinajstić information content (AvgIpc) is 2.94. The van der Waals surface area contributed by atoms with Crippen LogP contribution >= 0.6 is 11.3 Å². The number of hydrogen-bond donors (Lipinski definition) is 3. The highest BCUT2D eigenvalue weighted by molar-refractivity contribution is 7.84. The van der Waals surface area contributed by atoms with Crippen molar-refractivity contribution >= 4 is 44.3 Å². The van der Waals surface area contributed by atoms with Gasteiger partial charge in [0, 0.05) is 5.38 Å². The van der Waals surface area contributed by atoms with Gasteiger partial charge in [-0.25, -0.2) is 9.29 Å². The normalized spacial score (nSPS) is 20.6. The summed E-state index contributed by atoms with van der Waals surface area (Å²) in [6.07, 6.45) is 0. The first-order chi connectivity index (χ1) is 11.7. The molecule has 2 heterocycles.